The molecule has 1 aromatic rings. The summed E-state index contributed by atoms with van der Waals surface area (Å²) >= 11 is 0. The quantitative estimate of drug-likeness (QED) is 0.680. The summed E-state index contributed by atoms with van der Waals surface area (Å²) in [7, 11) is 0. The lowest BCUT2D eigenvalue weighted by Gasteiger charge is -2.09. The summed E-state index contributed by atoms with van der Waals surface area (Å²) in [6.45, 7) is 3.93. The van der Waals surface area contributed by atoms with E-state index in [0.29, 0.717) is 17.9 Å². The van der Waals surface area contributed by atoms with Crippen LogP contribution in [0.25, 0.3) is 0 Å². The third kappa shape index (κ3) is 2.77. The number of Topliss-reactive ketones (excluding diaryl/α,β-unsaturated/α-hetero) is 1. The van der Waals surface area contributed by atoms with Gasteiger partial charge in [-0.2, -0.15) is 5.10 Å². The first-order valence-electron chi connectivity index (χ1n) is 4.43. The summed E-state index contributed by atoms with van der Waals surface area (Å²) < 4.78 is 0. The van der Waals surface area contributed by atoms with E-state index in [1.807, 2.05) is 6.92 Å². The van der Waals surface area contributed by atoms with Crippen LogP contribution in [-0.2, 0) is 0 Å². The highest BCUT2D eigenvalue weighted by molar-refractivity contribution is 5.98. The molecule has 0 bridgehead atoms. The molecule has 0 aliphatic rings. The molecule has 5 heteroatoms. The van der Waals surface area contributed by atoms with Crippen molar-refractivity contribution in [3.8, 4) is 0 Å². The monoisotopic (exact) mass is 194 g/mol. The molecule has 5 nitrogen and oxygen atoms in total. The predicted molar refractivity (Wildman–Crippen MR) is 54.2 cm³/mol. The van der Waals surface area contributed by atoms with Crippen molar-refractivity contribution < 1.29 is 4.79 Å². The van der Waals surface area contributed by atoms with Gasteiger partial charge >= 0.3 is 0 Å². The fourth-order valence-electron chi connectivity index (χ4n) is 1.00. The molecule has 1 atom stereocenters. The van der Waals surface area contributed by atoms with Gasteiger partial charge in [-0.3, -0.25) is 4.79 Å². The van der Waals surface area contributed by atoms with Crippen LogP contribution >= 0.6 is 0 Å². The van der Waals surface area contributed by atoms with Crippen LogP contribution < -0.4 is 11.1 Å². The van der Waals surface area contributed by atoms with Crippen LogP contribution in [0, 0.1) is 0 Å². The van der Waals surface area contributed by atoms with Gasteiger partial charge in [-0.1, -0.05) is 0 Å². The molecule has 0 saturated carbocycles. The second-order valence-corrected chi connectivity index (χ2v) is 3.21. The Labute approximate surface area is 82.7 Å². The first-order valence-corrected chi connectivity index (χ1v) is 4.43. The zero-order valence-corrected chi connectivity index (χ0v) is 8.32. The number of rotatable bonds is 4. The van der Waals surface area contributed by atoms with Crippen LogP contribution in [0.5, 0.6) is 0 Å². The summed E-state index contributed by atoms with van der Waals surface area (Å²) in [5.41, 5.74) is 6.11. The van der Waals surface area contributed by atoms with Crippen LogP contribution in [0.2, 0.25) is 0 Å². The van der Waals surface area contributed by atoms with E-state index in [-0.39, 0.29) is 11.8 Å². The van der Waals surface area contributed by atoms with E-state index in [1.54, 1.807) is 6.07 Å². The standard InChI is InChI=1S/C9H14N4O/c1-6(10)5-11-9-8(7(2)14)3-4-12-13-9/h3-4,6H,5,10H2,1-2H3,(H,11,13). The van der Waals surface area contributed by atoms with Gasteiger partial charge in [0.2, 0.25) is 0 Å². The van der Waals surface area contributed by atoms with E-state index in [1.165, 1.54) is 13.1 Å². The number of hydrogen-bond donors (Lipinski definition) is 2. The summed E-state index contributed by atoms with van der Waals surface area (Å²) in [6, 6.07) is 1.65. The number of hydrogen-bond acceptors (Lipinski definition) is 5. The second-order valence-electron chi connectivity index (χ2n) is 3.21. The third-order valence-electron chi connectivity index (χ3n) is 1.69. The Morgan fingerprint density at radius 1 is 1.71 bits per heavy atom. The molecule has 3 N–H and O–H groups in total. The molecule has 0 aromatic carbocycles. The maximum atomic E-state index is 11.2. The van der Waals surface area contributed by atoms with Crippen molar-refractivity contribution in [3.63, 3.8) is 0 Å². The maximum Gasteiger partial charge on any atom is 0.163 e. The minimum absolute atomic E-state index is 0.0109. The van der Waals surface area contributed by atoms with Crippen molar-refractivity contribution >= 4 is 11.6 Å². The van der Waals surface area contributed by atoms with Gasteiger partial charge in [0, 0.05) is 12.6 Å². The van der Waals surface area contributed by atoms with Crippen LogP contribution in [0.1, 0.15) is 24.2 Å². The normalized spacial score (nSPS) is 12.2. The number of ketones is 1. The van der Waals surface area contributed by atoms with Crippen molar-refractivity contribution in [2.75, 3.05) is 11.9 Å². The molecule has 1 aromatic heterocycles. The highest BCUT2D eigenvalue weighted by atomic mass is 16.1. The number of anilines is 1. The zero-order chi connectivity index (χ0) is 10.6. The maximum absolute atomic E-state index is 11.2. The Morgan fingerprint density at radius 3 is 3.00 bits per heavy atom. The van der Waals surface area contributed by atoms with Crippen molar-refractivity contribution in [2.45, 2.75) is 19.9 Å². The predicted octanol–water partition coefficient (Wildman–Crippen LogP) is 0.438. The molecular formula is C9H14N4O. The molecule has 0 saturated heterocycles. The molecule has 14 heavy (non-hydrogen) atoms. The highest BCUT2D eigenvalue weighted by Gasteiger charge is 2.08. The Hall–Kier alpha value is -1.49. The second kappa shape index (κ2) is 4.66. The number of nitrogens with zero attached hydrogens (tertiary/aromatic N) is 2. The Kier molecular flexibility index (Phi) is 3.53. The van der Waals surface area contributed by atoms with E-state index in [2.05, 4.69) is 15.5 Å². The van der Waals surface area contributed by atoms with Gasteiger partial charge in [0.05, 0.1) is 11.8 Å². The molecule has 0 aliphatic heterocycles. The minimum atomic E-state index is -0.0351. The summed E-state index contributed by atoms with van der Waals surface area (Å²) in [4.78, 5) is 11.2. The van der Waals surface area contributed by atoms with Gasteiger partial charge < -0.3 is 11.1 Å². The summed E-state index contributed by atoms with van der Waals surface area (Å²) in [5, 5.41) is 10.5. The van der Waals surface area contributed by atoms with E-state index in [0.717, 1.165) is 0 Å². The van der Waals surface area contributed by atoms with Gasteiger partial charge in [-0.15, -0.1) is 5.10 Å². The molecule has 0 amide bonds. The smallest absolute Gasteiger partial charge is 0.163 e. The fourth-order valence-corrected chi connectivity index (χ4v) is 1.00. The molecule has 0 fully saturated rings. The molecule has 1 unspecified atom stereocenters. The Balaban J connectivity index is 2.79. The first kappa shape index (κ1) is 10.6. The van der Waals surface area contributed by atoms with E-state index in [4.69, 9.17) is 5.73 Å². The van der Waals surface area contributed by atoms with Crippen molar-refractivity contribution in [2.24, 2.45) is 5.73 Å². The van der Waals surface area contributed by atoms with Crippen LogP contribution in [0.15, 0.2) is 12.3 Å². The van der Waals surface area contributed by atoms with E-state index in [9.17, 15) is 4.79 Å². The highest BCUT2D eigenvalue weighted by Crippen LogP contribution is 2.10. The van der Waals surface area contributed by atoms with Gasteiger partial charge in [-0.05, 0) is 19.9 Å². The number of aromatic nitrogens is 2. The zero-order valence-electron chi connectivity index (χ0n) is 8.32. The molecule has 1 rings (SSSR count). The lowest BCUT2D eigenvalue weighted by molar-refractivity contribution is 0.101. The number of carbonyl (C=O) groups is 1. The third-order valence-corrected chi connectivity index (χ3v) is 1.69. The van der Waals surface area contributed by atoms with Gasteiger partial charge in [0.25, 0.3) is 0 Å². The van der Waals surface area contributed by atoms with E-state index >= 15 is 0 Å². The number of nitrogens with two attached hydrogens (primary N) is 1. The van der Waals surface area contributed by atoms with Crippen molar-refractivity contribution in [1.29, 1.82) is 0 Å². The van der Waals surface area contributed by atoms with Crippen LogP contribution in [0.3, 0.4) is 0 Å². The van der Waals surface area contributed by atoms with E-state index < -0.39 is 0 Å². The van der Waals surface area contributed by atoms with Gasteiger partial charge in [-0.25, -0.2) is 0 Å². The van der Waals surface area contributed by atoms with Crippen LogP contribution in [-0.4, -0.2) is 28.6 Å². The van der Waals surface area contributed by atoms with Gasteiger partial charge in [0.1, 0.15) is 0 Å². The molecule has 0 spiro atoms. The topological polar surface area (TPSA) is 80.9 Å². The fraction of sp³-hybridized carbons (Fsp3) is 0.444. The number of nitrogens with one attached hydrogen (secondary N) is 1. The Morgan fingerprint density at radius 2 is 2.43 bits per heavy atom. The lowest BCUT2D eigenvalue weighted by atomic mass is 10.2. The molecule has 0 aliphatic carbocycles. The van der Waals surface area contributed by atoms with Crippen molar-refractivity contribution in [1.82, 2.24) is 10.2 Å². The number of carbonyl (C=O) groups excluding carboxylic acids is 1. The molecule has 0 radical (unpaired) electrons. The average Bonchev–Trinajstić information content (AvgIpc) is 2.15. The molecular weight excluding hydrogens is 180 g/mol. The minimum Gasteiger partial charge on any atom is -0.366 e. The largest absolute Gasteiger partial charge is 0.366 e. The molecule has 76 valence electrons. The van der Waals surface area contributed by atoms with Crippen molar-refractivity contribution in [3.05, 3.63) is 17.8 Å². The molecule has 1 heterocycles. The van der Waals surface area contributed by atoms with Gasteiger partial charge in [0.15, 0.2) is 11.6 Å². The summed E-state index contributed by atoms with van der Waals surface area (Å²) in [6.07, 6.45) is 1.49. The first-order chi connectivity index (χ1) is 6.61. The summed E-state index contributed by atoms with van der Waals surface area (Å²) in [5.74, 6) is 0.462. The average molecular weight is 194 g/mol. The SMILES string of the molecule is CC(=O)c1ccnnc1NCC(C)N. The Bertz CT molecular complexity index is 324. The van der Waals surface area contributed by atoms with Crippen LogP contribution in [0.4, 0.5) is 5.82 Å². The lowest BCUT2D eigenvalue weighted by Crippen LogP contribution is -2.26.